The fraction of sp³-hybridized carbons (Fsp3) is 0.333. The first-order valence-electron chi connectivity index (χ1n) is 6.31. The summed E-state index contributed by atoms with van der Waals surface area (Å²) in [4.78, 5) is 16.0. The third-order valence-electron chi connectivity index (χ3n) is 2.97. The number of hydrogen-bond donors (Lipinski definition) is 1. The molecule has 1 aromatic heterocycles. The molecule has 3 nitrogen and oxygen atoms in total. The van der Waals surface area contributed by atoms with Gasteiger partial charge in [-0.2, -0.15) is 0 Å². The Hall–Kier alpha value is -1.55. The van der Waals surface area contributed by atoms with E-state index in [0.717, 1.165) is 15.8 Å². The topological polar surface area (TPSA) is 50.2 Å². The standard InChI is InChI=1S/C15H17NO2S/c1-10(2)11-3-4-13-12(9-11)14(5-7-16-13)19-8-6-15(17)18/h3-5,7,9-10H,6,8H2,1-2H3,(H,17,18). The maximum atomic E-state index is 10.6. The number of aromatic nitrogens is 1. The molecular weight excluding hydrogens is 258 g/mol. The molecule has 0 saturated carbocycles. The zero-order valence-corrected chi connectivity index (χ0v) is 11.9. The van der Waals surface area contributed by atoms with E-state index in [-0.39, 0.29) is 6.42 Å². The molecule has 0 aliphatic rings. The maximum Gasteiger partial charge on any atom is 0.304 e. The lowest BCUT2D eigenvalue weighted by molar-refractivity contribution is -0.136. The van der Waals surface area contributed by atoms with E-state index in [1.807, 2.05) is 12.1 Å². The number of rotatable bonds is 5. The Morgan fingerprint density at radius 2 is 2.16 bits per heavy atom. The lowest BCUT2D eigenvalue weighted by Gasteiger charge is -2.09. The minimum Gasteiger partial charge on any atom is -0.481 e. The van der Waals surface area contributed by atoms with Crippen LogP contribution in [0.4, 0.5) is 0 Å². The summed E-state index contributed by atoms with van der Waals surface area (Å²) in [6.07, 6.45) is 1.96. The van der Waals surface area contributed by atoms with Crippen molar-refractivity contribution in [3.05, 3.63) is 36.0 Å². The first kappa shape index (κ1) is 13.9. The fourth-order valence-electron chi connectivity index (χ4n) is 1.87. The molecule has 0 bridgehead atoms. The third-order valence-corrected chi connectivity index (χ3v) is 4.04. The Morgan fingerprint density at radius 3 is 2.84 bits per heavy atom. The first-order chi connectivity index (χ1) is 9.08. The van der Waals surface area contributed by atoms with Crippen LogP contribution >= 0.6 is 11.8 Å². The van der Waals surface area contributed by atoms with Gasteiger partial charge in [0.05, 0.1) is 11.9 Å². The van der Waals surface area contributed by atoms with E-state index in [2.05, 4.69) is 31.0 Å². The normalized spacial score (nSPS) is 11.1. The predicted octanol–water partition coefficient (Wildman–Crippen LogP) is 3.93. The average Bonchev–Trinajstić information content (AvgIpc) is 2.38. The van der Waals surface area contributed by atoms with E-state index in [0.29, 0.717) is 11.7 Å². The van der Waals surface area contributed by atoms with Crippen molar-refractivity contribution in [2.24, 2.45) is 0 Å². The number of carboxylic acid groups (broad SMARTS) is 1. The predicted molar refractivity (Wildman–Crippen MR) is 78.8 cm³/mol. The zero-order valence-electron chi connectivity index (χ0n) is 11.1. The fourth-order valence-corrected chi connectivity index (χ4v) is 2.84. The van der Waals surface area contributed by atoms with Crippen molar-refractivity contribution in [2.45, 2.75) is 31.1 Å². The van der Waals surface area contributed by atoms with Gasteiger partial charge >= 0.3 is 5.97 Å². The van der Waals surface area contributed by atoms with E-state index in [1.165, 1.54) is 5.56 Å². The monoisotopic (exact) mass is 275 g/mol. The number of pyridine rings is 1. The highest BCUT2D eigenvalue weighted by molar-refractivity contribution is 7.99. The minimum atomic E-state index is -0.756. The van der Waals surface area contributed by atoms with Crippen LogP contribution in [0.1, 0.15) is 31.7 Å². The van der Waals surface area contributed by atoms with Crippen LogP contribution in [-0.4, -0.2) is 21.8 Å². The van der Waals surface area contributed by atoms with E-state index in [1.54, 1.807) is 18.0 Å². The molecule has 19 heavy (non-hydrogen) atoms. The molecule has 100 valence electrons. The molecule has 0 radical (unpaired) electrons. The van der Waals surface area contributed by atoms with Crippen LogP contribution in [0.25, 0.3) is 10.9 Å². The number of aliphatic carboxylic acids is 1. The molecular formula is C15H17NO2S. The van der Waals surface area contributed by atoms with Crippen molar-refractivity contribution in [3.63, 3.8) is 0 Å². The molecule has 2 aromatic rings. The van der Waals surface area contributed by atoms with Gasteiger partial charge in [-0.1, -0.05) is 19.9 Å². The number of hydrogen-bond acceptors (Lipinski definition) is 3. The smallest absolute Gasteiger partial charge is 0.304 e. The summed E-state index contributed by atoms with van der Waals surface area (Å²) in [5.74, 6) is 0.301. The molecule has 1 heterocycles. The van der Waals surface area contributed by atoms with Crippen molar-refractivity contribution in [3.8, 4) is 0 Å². The number of fused-ring (bicyclic) bond motifs is 1. The summed E-state index contributed by atoms with van der Waals surface area (Å²) in [7, 11) is 0. The Labute approximate surface area is 117 Å². The van der Waals surface area contributed by atoms with E-state index in [4.69, 9.17) is 5.11 Å². The summed E-state index contributed by atoms with van der Waals surface area (Å²) >= 11 is 1.58. The van der Waals surface area contributed by atoms with E-state index < -0.39 is 5.97 Å². The van der Waals surface area contributed by atoms with Crippen LogP contribution in [-0.2, 0) is 4.79 Å². The second-order valence-corrected chi connectivity index (χ2v) is 5.87. The Bertz CT molecular complexity index is 596. The van der Waals surface area contributed by atoms with Gasteiger partial charge in [-0.3, -0.25) is 9.78 Å². The molecule has 0 atom stereocenters. The summed E-state index contributed by atoms with van der Waals surface area (Å²) in [5, 5.41) is 9.81. The second kappa shape index (κ2) is 6.06. The number of thioether (sulfide) groups is 1. The molecule has 0 spiro atoms. The highest BCUT2D eigenvalue weighted by Gasteiger charge is 2.07. The zero-order chi connectivity index (χ0) is 13.8. The van der Waals surface area contributed by atoms with Gasteiger partial charge in [-0.25, -0.2) is 0 Å². The molecule has 2 rings (SSSR count). The Morgan fingerprint density at radius 1 is 1.37 bits per heavy atom. The molecule has 4 heteroatoms. The van der Waals surface area contributed by atoms with Crippen LogP contribution in [0.2, 0.25) is 0 Å². The van der Waals surface area contributed by atoms with Gasteiger partial charge in [-0.05, 0) is 29.7 Å². The van der Waals surface area contributed by atoms with Crippen molar-refractivity contribution < 1.29 is 9.90 Å². The summed E-state index contributed by atoms with van der Waals surface area (Å²) in [6, 6.07) is 8.26. The lowest BCUT2D eigenvalue weighted by atomic mass is 10.0. The number of nitrogens with zero attached hydrogens (tertiary/aromatic N) is 1. The van der Waals surface area contributed by atoms with Crippen LogP contribution in [0, 0.1) is 0 Å². The van der Waals surface area contributed by atoms with Crippen molar-refractivity contribution >= 4 is 28.6 Å². The number of carboxylic acids is 1. The summed E-state index contributed by atoms with van der Waals surface area (Å²) in [6.45, 7) is 4.32. The highest BCUT2D eigenvalue weighted by Crippen LogP contribution is 2.29. The summed E-state index contributed by atoms with van der Waals surface area (Å²) in [5.41, 5.74) is 2.24. The Balaban J connectivity index is 2.31. The molecule has 0 saturated heterocycles. The minimum absolute atomic E-state index is 0.179. The van der Waals surface area contributed by atoms with Crippen LogP contribution in [0.15, 0.2) is 35.4 Å². The second-order valence-electron chi connectivity index (χ2n) is 4.73. The van der Waals surface area contributed by atoms with Gasteiger partial charge in [0.25, 0.3) is 0 Å². The van der Waals surface area contributed by atoms with E-state index in [9.17, 15) is 4.79 Å². The quantitative estimate of drug-likeness (QED) is 0.840. The maximum absolute atomic E-state index is 10.6. The number of carbonyl (C=O) groups is 1. The first-order valence-corrected chi connectivity index (χ1v) is 7.29. The molecule has 0 fully saturated rings. The van der Waals surface area contributed by atoms with Crippen molar-refractivity contribution in [1.82, 2.24) is 4.98 Å². The SMILES string of the molecule is CC(C)c1ccc2nccc(SCCC(=O)O)c2c1. The molecule has 1 aromatic carbocycles. The van der Waals surface area contributed by atoms with Gasteiger partial charge in [0.1, 0.15) is 0 Å². The third kappa shape index (κ3) is 3.47. The molecule has 0 aliphatic carbocycles. The van der Waals surface area contributed by atoms with Gasteiger partial charge in [-0.15, -0.1) is 11.8 Å². The number of benzene rings is 1. The van der Waals surface area contributed by atoms with E-state index >= 15 is 0 Å². The largest absolute Gasteiger partial charge is 0.481 e. The molecule has 1 N–H and O–H groups in total. The Kier molecular flexibility index (Phi) is 4.43. The highest BCUT2D eigenvalue weighted by atomic mass is 32.2. The van der Waals surface area contributed by atoms with Crippen LogP contribution in [0.3, 0.4) is 0 Å². The molecule has 0 unspecified atom stereocenters. The van der Waals surface area contributed by atoms with Crippen LogP contribution in [0.5, 0.6) is 0 Å². The van der Waals surface area contributed by atoms with Gasteiger partial charge in [0, 0.05) is 22.2 Å². The average molecular weight is 275 g/mol. The molecule has 0 amide bonds. The van der Waals surface area contributed by atoms with Crippen molar-refractivity contribution in [2.75, 3.05) is 5.75 Å². The summed E-state index contributed by atoms with van der Waals surface area (Å²) < 4.78 is 0. The van der Waals surface area contributed by atoms with Crippen LogP contribution < -0.4 is 0 Å². The van der Waals surface area contributed by atoms with Crippen molar-refractivity contribution in [1.29, 1.82) is 0 Å². The van der Waals surface area contributed by atoms with Gasteiger partial charge < -0.3 is 5.11 Å². The molecule has 0 aliphatic heterocycles. The van der Waals surface area contributed by atoms with Gasteiger partial charge in [0.15, 0.2) is 0 Å². The lowest BCUT2D eigenvalue weighted by Crippen LogP contribution is -1.96. The van der Waals surface area contributed by atoms with Gasteiger partial charge in [0.2, 0.25) is 0 Å².